The van der Waals surface area contributed by atoms with Crippen LogP contribution in [0.15, 0.2) is 0 Å². The summed E-state index contributed by atoms with van der Waals surface area (Å²) in [5.41, 5.74) is 0.0399. The predicted octanol–water partition coefficient (Wildman–Crippen LogP) is -1.21. The summed E-state index contributed by atoms with van der Waals surface area (Å²) >= 11 is 0. The Morgan fingerprint density at radius 1 is 0.909 bits per heavy atom. The molecule has 0 aliphatic rings. The molecule has 0 amide bonds. The van der Waals surface area contributed by atoms with Crippen LogP contribution in [0.25, 0.3) is 0 Å². The third kappa shape index (κ3) is 4.52. The summed E-state index contributed by atoms with van der Waals surface area (Å²) in [5.74, 6) is 0. The predicted molar refractivity (Wildman–Crippen MR) is 53.7 cm³/mol. The van der Waals surface area contributed by atoms with Crippen LogP contribution in [0.3, 0.4) is 0 Å². The molecule has 0 atom stereocenters. The van der Waals surface area contributed by atoms with Crippen LogP contribution < -0.4 is 16.0 Å². The molecule has 0 aliphatic carbocycles. The molecule has 0 bridgehead atoms. The molecule has 0 saturated heterocycles. The second-order valence-electron chi connectivity index (χ2n) is 2.72. The van der Waals surface area contributed by atoms with Crippen LogP contribution in [0.2, 0.25) is 0 Å². The maximum Gasteiger partial charge on any atom is 0.0970 e. The van der Waals surface area contributed by atoms with Gasteiger partial charge in [-0.3, -0.25) is 16.0 Å². The highest BCUT2D eigenvalue weighted by atomic mass is 28.1. The average molecular weight is 175 g/mol. The van der Waals surface area contributed by atoms with Gasteiger partial charge in [0, 0.05) is 0 Å². The first-order valence-corrected chi connectivity index (χ1v) is 5.43. The molecule has 11 heavy (non-hydrogen) atoms. The molecule has 3 nitrogen and oxygen atoms in total. The van der Waals surface area contributed by atoms with Gasteiger partial charge in [0.2, 0.25) is 0 Å². The van der Waals surface area contributed by atoms with Crippen molar-refractivity contribution in [3.05, 3.63) is 0 Å². The quantitative estimate of drug-likeness (QED) is 0.350. The second-order valence-corrected chi connectivity index (χ2v) is 4.22. The van der Waals surface area contributed by atoms with Crippen LogP contribution in [0.5, 0.6) is 0 Å². The van der Waals surface area contributed by atoms with Crippen LogP contribution in [-0.2, 0) is 0 Å². The Bertz CT molecular complexity index is 80.7. The zero-order valence-corrected chi connectivity index (χ0v) is 10.1. The highest BCUT2D eigenvalue weighted by Crippen LogP contribution is 1.85. The molecule has 0 heterocycles. The summed E-state index contributed by atoms with van der Waals surface area (Å²) in [7, 11) is 1.06. The van der Waals surface area contributed by atoms with Crippen molar-refractivity contribution in [1.29, 1.82) is 0 Å². The van der Waals surface area contributed by atoms with Gasteiger partial charge >= 0.3 is 0 Å². The summed E-state index contributed by atoms with van der Waals surface area (Å²) in [6.45, 7) is 9.39. The van der Waals surface area contributed by atoms with E-state index in [2.05, 4.69) is 36.7 Å². The van der Waals surface area contributed by atoms with Crippen LogP contribution in [0.1, 0.15) is 20.8 Å². The van der Waals surface area contributed by atoms with Crippen molar-refractivity contribution < 1.29 is 0 Å². The molecule has 0 aromatic carbocycles. The molecular weight excluding hydrogens is 154 g/mol. The molecule has 0 rings (SSSR count). The smallest absolute Gasteiger partial charge is 0.0970 e. The summed E-state index contributed by atoms with van der Waals surface area (Å²) in [6.07, 6.45) is 0. The summed E-state index contributed by atoms with van der Waals surface area (Å²) in [5, 5.41) is 10.2. The van der Waals surface area contributed by atoms with Crippen molar-refractivity contribution in [2.24, 2.45) is 0 Å². The van der Waals surface area contributed by atoms with Crippen molar-refractivity contribution >= 4 is 10.2 Å². The standard InChI is InChI=1S/C7H21N3Si/c1-4-8-7(11,9-5-2)10-6-3/h8-10H,4-6H2,1-3,11H3. The topological polar surface area (TPSA) is 36.1 Å². The normalized spacial score (nSPS) is 12.3. The molecule has 0 radical (unpaired) electrons. The Kier molecular flexibility index (Phi) is 5.76. The molecule has 0 aromatic heterocycles. The lowest BCUT2D eigenvalue weighted by Gasteiger charge is -2.32. The monoisotopic (exact) mass is 175 g/mol. The lowest BCUT2D eigenvalue weighted by molar-refractivity contribution is 0.321. The van der Waals surface area contributed by atoms with E-state index in [-0.39, 0.29) is 5.41 Å². The van der Waals surface area contributed by atoms with Gasteiger partial charge in [-0.25, -0.2) is 0 Å². The summed E-state index contributed by atoms with van der Waals surface area (Å²) < 4.78 is 0. The highest BCUT2D eigenvalue weighted by molar-refractivity contribution is 6.14. The first-order valence-electron chi connectivity index (χ1n) is 4.43. The van der Waals surface area contributed by atoms with Crippen LogP contribution >= 0.6 is 0 Å². The van der Waals surface area contributed by atoms with Gasteiger partial charge in [-0.15, -0.1) is 0 Å². The molecule has 4 heteroatoms. The minimum atomic E-state index is 0.0399. The maximum atomic E-state index is 3.40. The minimum absolute atomic E-state index is 0.0399. The Balaban J connectivity index is 3.79. The molecule has 3 N–H and O–H groups in total. The maximum absolute atomic E-state index is 3.40. The van der Waals surface area contributed by atoms with E-state index in [0.29, 0.717) is 0 Å². The first kappa shape index (κ1) is 11.1. The van der Waals surface area contributed by atoms with E-state index in [1.54, 1.807) is 0 Å². The minimum Gasteiger partial charge on any atom is -0.291 e. The van der Waals surface area contributed by atoms with E-state index in [9.17, 15) is 0 Å². The zero-order chi connectivity index (χ0) is 8.74. The van der Waals surface area contributed by atoms with E-state index in [1.165, 1.54) is 0 Å². The van der Waals surface area contributed by atoms with Crippen molar-refractivity contribution in [3.8, 4) is 0 Å². The van der Waals surface area contributed by atoms with Gasteiger partial charge in [-0.2, -0.15) is 0 Å². The van der Waals surface area contributed by atoms with E-state index in [0.717, 1.165) is 29.9 Å². The van der Waals surface area contributed by atoms with Crippen LogP contribution in [-0.4, -0.2) is 35.3 Å². The Morgan fingerprint density at radius 2 is 1.18 bits per heavy atom. The lowest BCUT2D eigenvalue weighted by atomic mass is 10.6. The molecule has 0 saturated carbocycles. The Morgan fingerprint density at radius 3 is 1.36 bits per heavy atom. The molecular formula is C7H21N3Si. The van der Waals surface area contributed by atoms with E-state index in [4.69, 9.17) is 0 Å². The van der Waals surface area contributed by atoms with Crippen molar-refractivity contribution in [3.63, 3.8) is 0 Å². The van der Waals surface area contributed by atoms with Gasteiger partial charge in [0.1, 0.15) is 0 Å². The molecule has 0 fully saturated rings. The molecule has 0 spiro atoms. The third-order valence-electron chi connectivity index (χ3n) is 1.59. The fourth-order valence-electron chi connectivity index (χ4n) is 1.25. The van der Waals surface area contributed by atoms with Gasteiger partial charge in [0.15, 0.2) is 0 Å². The number of hydrogen-bond donors (Lipinski definition) is 3. The molecule has 0 aliphatic heterocycles. The summed E-state index contributed by atoms with van der Waals surface area (Å²) in [6, 6.07) is 0. The number of hydrogen-bond acceptors (Lipinski definition) is 3. The van der Waals surface area contributed by atoms with Gasteiger partial charge in [0.25, 0.3) is 0 Å². The number of nitrogens with one attached hydrogen (secondary N) is 3. The van der Waals surface area contributed by atoms with Gasteiger partial charge in [-0.1, -0.05) is 20.8 Å². The average Bonchev–Trinajstić information content (AvgIpc) is 1.88. The fourth-order valence-corrected chi connectivity index (χ4v) is 2.31. The second kappa shape index (κ2) is 5.71. The van der Waals surface area contributed by atoms with Crippen LogP contribution in [0.4, 0.5) is 0 Å². The van der Waals surface area contributed by atoms with E-state index in [1.807, 2.05) is 0 Å². The molecule has 68 valence electrons. The first-order chi connectivity index (χ1) is 5.18. The Labute approximate surface area is 72.7 Å². The van der Waals surface area contributed by atoms with E-state index < -0.39 is 0 Å². The lowest BCUT2D eigenvalue weighted by Crippen LogP contribution is -2.67. The van der Waals surface area contributed by atoms with Crippen molar-refractivity contribution in [2.75, 3.05) is 19.6 Å². The largest absolute Gasteiger partial charge is 0.291 e. The molecule has 0 unspecified atom stereocenters. The fraction of sp³-hybridized carbons (Fsp3) is 1.00. The van der Waals surface area contributed by atoms with Gasteiger partial charge in [0.05, 0.1) is 15.7 Å². The SMILES string of the molecule is CCNC([SiH3])(NCC)NCC. The third-order valence-corrected chi connectivity index (χ3v) is 2.65. The Hall–Kier alpha value is 0.0969. The van der Waals surface area contributed by atoms with Crippen molar-refractivity contribution in [1.82, 2.24) is 16.0 Å². The van der Waals surface area contributed by atoms with Crippen molar-refractivity contribution in [2.45, 2.75) is 26.2 Å². The van der Waals surface area contributed by atoms with E-state index >= 15 is 0 Å². The van der Waals surface area contributed by atoms with Gasteiger partial charge in [-0.05, 0) is 19.6 Å². The van der Waals surface area contributed by atoms with Gasteiger partial charge < -0.3 is 0 Å². The highest BCUT2D eigenvalue weighted by Gasteiger charge is 2.17. The molecule has 0 aromatic rings. The number of rotatable bonds is 6. The zero-order valence-electron chi connectivity index (χ0n) is 8.12. The summed E-state index contributed by atoms with van der Waals surface area (Å²) in [4.78, 5) is 0. The van der Waals surface area contributed by atoms with Crippen LogP contribution in [0, 0.1) is 0 Å².